The van der Waals surface area contributed by atoms with E-state index in [4.69, 9.17) is 4.74 Å². The summed E-state index contributed by atoms with van der Waals surface area (Å²) >= 11 is 0. The molecule has 2 N–H and O–H groups in total. The minimum absolute atomic E-state index is 0.181. The lowest BCUT2D eigenvalue weighted by Crippen LogP contribution is -2.09. The van der Waals surface area contributed by atoms with Crippen molar-refractivity contribution >= 4 is 23.1 Å². The van der Waals surface area contributed by atoms with Gasteiger partial charge in [0.25, 0.3) is 0 Å². The second kappa shape index (κ2) is 8.11. The highest BCUT2D eigenvalue weighted by molar-refractivity contribution is 5.91. The molecule has 1 heterocycles. The molecule has 25 heavy (non-hydrogen) atoms. The third-order valence-electron chi connectivity index (χ3n) is 3.73. The Morgan fingerprint density at radius 2 is 2.04 bits per heavy atom. The third kappa shape index (κ3) is 4.04. The van der Waals surface area contributed by atoms with Crippen molar-refractivity contribution in [3.05, 3.63) is 35.0 Å². The Kier molecular flexibility index (Phi) is 5.90. The van der Waals surface area contributed by atoms with Gasteiger partial charge in [-0.15, -0.1) is 5.10 Å². The van der Waals surface area contributed by atoms with Crippen molar-refractivity contribution in [1.29, 1.82) is 5.26 Å². The summed E-state index contributed by atoms with van der Waals surface area (Å²) in [5.41, 5.74) is 3.50. The van der Waals surface area contributed by atoms with Crippen LogP contribution in [-0.2, 0) is 17.6 Å². The maximum Gasteiger partial charge on any atom is 0.221 e. The van der Waals surface area contributed by atoms with Crippen LogP contribution in [0.25, 0.3) is 0 Å². The summed E-state index contributed by atoms with van der Waals surface area (Å²) in [6.07, 6.45) is 1.44. The predicted molar refractivity (Wildman–Crippen MR) is 96.1 cm³/mol. The zero-order chi connectivity index (χ0) is 18.4. The fourth-order valence-corrected chi connectivity index (χ4v) is 2.58. The van der Waals surface area contributed by atoms with E-state index < -0.39 is 0 Å². The Balaban J connectivity index is 2.40. The van der Waals surface area contributed by atoms with Crippen LogP contribution in [0.15, 0.2) is 18.2 Å². The average Bonchev–Trinajstić information content (AvgIpc) is 2.61. The van der Waals surface area contributed by atoms with Gasteiger partial charge >= 0.3 is 0 Å². The minimum Gasteiger partial charge on any atom is -0.494 e. The van der Waals surface area contributed by atoms with Crippen LogP contribution in [0.3, 0.4) is 0 Å². The van der Waals surface area contributed by atoms with Gasteiger partial charge in [-0.1, -0.05) is 13.8 Å². The zero-order valence-electron chi connectivity index (χ0n) is 14.8. The van der Waals surface area contributed by atoms with Gasteiger partial charge < -0.3 is 15.4 Å². The Morgan fingerprint density at radius 1 is 1.28 bits per heavy atom. The summed E-state index contributed by atoms with van der Waals surface area (Å²) in [6.45, 7) is 5.41. The van der Waals surface area contributed by atoms with Gasteiger partial charge in [0, 0.05) is 18.7 Å². The smallest absolute Gasteiger partial charge is 0.221 e. The van der Waals surface area contributed by atoms with Crippen LogP contribution < -0.4 is 15.4 Å². The Labute approximate surface area is 147 Å². The van der Waals surface area contributed by atoms with Gasteiger partial charge in [0.05, 0.1) is 18.5 Å². The van der Waals surface area contributed by atoms with Crippen molar-refractivity contribution in [2.24, 2.45) is 0 Å². The van der Waals surface area contributed by atoms with Gasteiger partial charge in [-0.3, -0.25) is 4.79 Å². The van der Waals surface area contributed by atoms with Crippen LogP contribution in [0.4, 0.5) is 17.2 Å². The number of amides is 1. The maximum atomic E-state index is 11.2. The Bertz CT molecular complexity index is 827. The van der Waals surface area contributed by atoms with Gasteiger partial charge in [-0.2, -0.15) is 10.4 Å². The molecule has 1 amide bonds. The van der Waals surface area contributed by atoms with Crippen molar-refractivity contribution in [1.82, 2.24) is 10.2 Å². The first-order valence-electron chi connectivity index (χ1n) is 8.05. The summed E-state index contributed by atoms with van der Waals surface area (Å²) in [4.78, 5) is 11.2. The molecule has 0 saturated heterocycles. The van der Waals surface area contributed by atoms with Crippen molar-refractivity contribution in [3.8, 4) is 11.8 Å². The fourth-order valence-electron chi connectivity index (χ4n) is 2.58. The topological polar surface area (TPSA) is 99.9 Å². The van der Waals surface area contributed by atoms with Gasteiger partial charge in [0.2, 0.25) is 5.91 Å². The number of aromatic nitrogens is 2. The predicted octanol–water partition coefficient (Wildman–Crippen LogP) is 3.18. The minimum atomic E-state index is -0.181. The van der Waals surface area contributed by atoms with Crippen molar-refractivity contribution < 1.29 is 9.53 Å². The zero-order valence-corrected chi connectivity index (χ0v) is 14.8. The number of nitrogens with one attached hydrogen (secondary N) is 2. The summed E-state index contributed by atoms with van der Waals surface area (Å²) < 4.78 is 5.31. The highest BCUT2D eigenvalue weighted by Gasteiger charge is 2.15. The lowest BCUT2D eigenvalue weighted by molar-refractivity contribution is -0.114. The van der Waals surface area contributed by atoms with Crippen molar-refractivity contribution in [2.75, 3.05) is 17.7 Å². The highest BCUT2D eigenvalue weighted by Crippen LogP contribution is 2.30. The number of hydrogen-bond donors (Lipinski definition) is 2. The van der Waals surface area contributed by atoms with E-state index in [0.29, 0.717) is 34.9 Å². The molecule has 1 aromatic carbocycles. The number of rotatable bonds is 6. The molecule has 0 aliphatic heterocycles. The van der Waals surface area contributed by atoms with E-state index in [0.717, 1.165) is 17.7 Å². The van der Waals surface area contributed by atoms with E-state index in [1.807, 2.05) is 13.8 Å². The molecule has 0 aliphatic rings. The molecular formula is C18H21N5O2. The molecule has 0 unspecified atom stereocenters. The summed E-state index contributed by atoms with van der Waals surface area (Å²) in [7, 11) is 1.52. The van der Waals surface area contributed by atoms with E-state index in [9.17, 15) is 10.1 Å². The van der Waals surface area contributed by atoms with Gasteiger partial charge in [-0.25, -0.2) is 0 Å². The first kappa shape index (κ1) is 18.2. The molecule has 0 saturated carbocycles. The second-order valence-electron chi connectivity index (χ2n) is 5.39. The maximum absolute atomic E-state index is 11.2. The largest absolute Gasteiger partial charge is 0.494 e. The molecule has 2 aromatic rings. The lowest BCUT2D eigenvalue weighted by Gasteiger charge is -2.14. The Hall–Kier alpha value is -3.14. The van der Waals surface area contributed by atoms with Crippen molar-refractivity contribution in [3.63, 3.8) is 0 Å². The lowest BCUT2D eigenvalue weighted by atomic mass is 10.0. The fraction of sp³-hybridized carbons (Fsp3) is 0.333. The quantitative estimate of drug-likeness (QED) is 0.838. The number of hydrogen-bond acceptors (Lipinski definition) is 6. The molecule has 0 atom stereocenters. The molecule has 0 aliphatic carbocycles. The molecule has 1 aromatic heterocycles. The highest BCUT2D eigenvalue weighted by atomic mass is 16.5. The van der Waals surface area contributed by atoms with E-state index in [1.165, 1.54) is 14.0 Å². The van der Waals surface area contributed by atoms with E-state index in [-0.39, 0.29) is 5.91 Å². The normalized spacial score (nSPS) is 10.0. The molecule has 2 rings (SSSR count). The number of aryl methyl sites for hydroxylation is 1. The SMILES string of the molecule is CCc1nnc(Nc2ccc(NC(C)=O)c(OC)c2)c(C#N)c1CC. The van der Waals surface area contributed by atoms with Crippen LogP contribution in [0.2, 0.25) is 0 Å². The molecule has 130 valence electrons. The van der Waals surface area contributed by atoms with Crippen molar-refractivity contribution in [2.45, 2.75) is 33.6 Å². The monoisotopic (exact) mass is 339 g/mol. The summed E-state index contributed by atoms with van der Waals surface area (Å²) in [6, 6.07) is 7.45. The molecule has 0 fully saturated rings. The van der Waals surface area contributed by atoms with E-state index in [2.05, 4.69) is 26.9 Å². The first-order valence-corrected chi connectivity index (χ1v) is 8.05. The van der Waals surface area contributed by atoms with Crippen LogP contribution in [0, 0.1) is 11.3 Å². The molecule has 0 radical (unpaired) electrons. The Morgan fingerprint density at radius 3 is 2.60 bits per heavy atom. The molecule has 7 heteroatoms. The van der Waals surface area contributed by atoms with Gasteiger partial charge in [-0.05, 0) is 30.5 Å². The number of benzene rings is 1. The second-order valence-corrected chi connectivity index (χ2v) is 5.39. The van der Waals surface area contributed by atoms with E-state index >= 15 is 0 Å². The first-order chi connectivity index (χ1) is 12.0. The van der Waals surface area contributed by atoms with E-state index in [1.54, 1.807) is 18.2 Å². The van der Waals surface area contributed by atoms with Gasteiger partial charge in [0.1, 0.15) is 17.4 Å². The van der Waals surface area contributed by atoms with Crippen LogP contribution in [-0.4, -0.2) is 23.2 Å². The average molecular weight is 339 g/mol. The number of nitrogens with zero attached hydrogens (tertiary/aromatic N) is 3. The standard InChI is InChI=1S/C18H21N5O2/c1-5-13-14(10-19)18(23-22-15(13)6-2)21-12-7-8-16(20-11(3)24)17(9-12)25-4/h7-9H,5-6H2,1-4H3,(H,20,24)(H,21,23). The third-order valence-corrected chi connectivity index (χ3v) is 3.73. The molecule has 0 spiro atoms. The number of carbonyl (C=O) groups excluding carboxylic acids is 1. The number of anilines is 3. The van der Waals surface area contributed by atoms with Crippen LogP contribution >= 0.6 is 0 Å². The molecule has 0 bridgehead atoms. The number of carbonyl (C=O) groups is 1. The molecule has 7 nitrogen and oxygen atoms in total. The number of methoxy groups -OCH3 is 1. The van der Waals surface area contributed by atoms with Crippen LogP contribution in [0.1, 0.15) is 37.6 Å². The van der Waals surface area contributed by atoms with Gasteiger partial charge in [0.15, 0.2) is 5.82 Å². The number of nitriles is 1. The van der Waals surface area contributed by atoms with Crippen LogP contribution in [0.5, 0.6) is 5.75 Å². The number of ether oxygens (including phenoxy) is 1. The summed E-state index contributed by atoms with van der Waals surface area (Å²) in [5, 5.41) is 23.7. The molecular weight excluding hydrogens is 318 g/mol. The summed E-state index contributed by atoms with van der Waals surface area (Å²) in [5.74, 6) is 0.734.